The average molecular weight is 250 g/mol. The minimum atomic E-state index is 0.485. The summed E-state index contributed by atoms with van der Waals surface area (Å²) in [5.41, 5.74) is 1.42. The van der Waals surface area contributed by atoms with Crippen LogP contribution in [0.25, 0.3) is 0 Å². The summed E-state index contributed by atoms with van der Waals surface area (Å²) in [4.78, 5) is 1.34. The summed E-state index contributed by atoms with van der Waals surface area (Å²) in [6.45, 7) is 2.31. The second kappa shape index (κ2) is 6.43. The van der Waals surface area contributed by atoms with Crippen molar-refractivity contribution in [3.8, 4) is 0 Å². The van der Waals surface area contributed by atoms with Crippen LogP contribution in [0.2, 0.25) is 0 Å². The van der Waals surface area contributed by atoms with Crippen molar-refractivity contribution in [1.82, 2.24) is 10.6 Å². The molecule has 1 aromatic carbocycles. The third-order valence-electron chi connectivity index (χ3n) is 3.59. The lowest BCUT2D eigenvalue weighted by Gasteiger charge is -2.31. The molecule has 1 heterocycles. The fourth-order valence-corrected chi connectivity index (χ4v) is 3.06. The molecule has 1 aliphatic heterocycles. The summed E-state index contributed by atoms with van der Waals surface area (Å²) >= 11 is 1.80. The molecule has 0 spiro atoms. The van der Waals surface area contributed by atoms with Gasteiger partial charge in [-0.2, -0.15) is 0 Å². The van der Waals surface area contributed by atoms with E-state index in [2.05, 4.69) is 48.2 Å². The SMILES string of the molecule is CNC(c1ccc(SC)cc1)C1CCCNC1. The van der Waals surface area contributed by atoms with Crippen LogP contribution in [0.5, 0.6) is 0 Å². The van der Waals surface area contributed by atoms with E-state index >= 15 is 0 Å². The van der Waals surface area contributed by atoms with Gasteiger partial charge in [0.05, 0.1) is 0 Å². The minimum absolute atomic E-state index is 0.485. The van der Waals surface area contributed by atoms with Crippen molar-refractivity contribution < 1.29 is 0 Å². The smallest absolute Gasteiger partial charge is 0.0358 e. The zero-order valence-corrected chi connectivity index (χ0v) is 11.5. The molecule has 1 fully saturated rings. The van der Waals surface area contributed by atoms with Gasteiger partial charge in [-0.05, 0) is 62.8 Å². The van der Waals surface area contributed by atoms with Crippen LogP contribution in [0.1, 0.15) is 24.4 Å². The van der Waals surface area contributed by atoms with Gasteiger partial charge >= 0.3 is 0 Å². The van der Waals surface area contributed by atoms with E-state index in [0.29, 0.717) is 12.0 Å². The molecule has 94 valence electrons. The van der Waals surface area contributed by atoms with Crippen LogP contribution in [0.15, 0.2) is 29.2 Å². The van der Waals surface area contributed by atoms with E-state index in [4.69, 9.17) is 0 Å². The van der Waals surface area contributed by atoms with Crippen LogP contribution in [-0.2, 0) is 0 Å². The topological polar surface area (TPSA) is 24.1 Å². The molecule has 1 aromatic rings. The number of benzene rings is 1. The molecule has 0 aromatic heterocycles. The Bertz CT molecular complexity index is 331. The summed E-state index contributed by atoms with van der Waals surface area (Å²) in [5.74, 6) is 0.717. The summed E-state index contributed by atoms with van der Waals surface area (Å²) in [6.07, 6.45) is 4.74. The van der Waals surface area contributed by atoms with Crippen LogP contribution in [0, 0.1) is 5.92 Å². The molecule has 2 N–H and O–H groups in total. The van der Waals surface area contributed by atoms with Crippen LogP contribution >= 0.6 is 11.8 Å². The Morgan fingerprint density at radius 3 is 2.65 bits per heavy atom. The Kier molecular flexibility index (Phi) is 4.89. The van der Waals surface area contributed by atoms with Crippen molar-refractivity contribution in [3.05, 3.63) is 29.8 Å². The Balaban J connectivity index is 2.10. The lowest BCUT2D eigenvalue weighted by Crippen LogP contribution is -2.37. The number of hydrogen-bond donors (Lipinski definition) is 2. The second-order valence-electron chi connectivity index (χ2n) is 4.65. The second-order valence-corrected chi connectivity index (χ2v) is 5.53. The molecule has 0 radical (unpaired) electrons. The Morgan fingerprint density at radius 2 is 2.12 bits per heavy atom. The molecule has 3 heteroatoms. The Hall–Kier alpha value is -0.510. The van der Waals surface area contributed by atoms with Gasteiger partial charge < -0.3 is 10.6 Å². The summed E-state index contributed by atoms with van der Waals surface area (Å²) < 4.78 is 0. The third kappa shape index (κ3) is 3.24. The Labute approximate surface area is 109 Å². The van der Waals surface area contributed by atoms with Gasteiger partial charge in [0.25, 0.3) is 0 Å². The zero-order chi connectivity index (χ0) is 12.1. The Morgan fingerprint density at radius 1 is 1.35 bits per heavy atom. The van der Waals surface area contributed by atoms with Crippen LogP contribution in [-0.4, -0.2) is 26.4 Å². The maximum absolute atomic E-state index is 3.50. The summed E-state index contributed by atoms with van der Waals surface area (Å²) in [5, 5.41) is 6.98. The van der Waals surface area contributed by atoms with Gasteiger partial charge in [-0.3, -0.25) is 0 Å². The van der Waals surface area contributed by atoms with Gasteiger partial charge in [0.1, 0.15) is 0 Å². The monoisotopic (exact) mass is 250 g/mol. The fraction of sp³-hybridized carbons (Fsp3) is 0.571. The van der Waals surface area contributed by atoms with Crippen molar-refractivity contribution in [2.45, 2.75) is 23.8 Å². The summed E-state index contributed by atoms with van der Waals surface area (Å²) in [6, 6.07) is 9.46. The lowest BCUT2D eigenvalue weighted by molar-refractivity contribution is 0.298. The average Bonchev–Trinajstić information content (AvgIpc) is 2.42. The number of rotatable bonds is 4. The highest BCUT2D eigenvalue weighted by Crippen LogP contribution is 2.28. The van der Waals surface area contributed by atoms with Gasteiger partial charge in [0.15, 0.2) is 0 Å². The van der Waals surface area contributed by atoms with Crippen molar-refractivity contribution in [1.29, 1.82) is 0 Å². The van der Waals surface area contributed by atoms with Gasteiger partial charge in [-0.15, -0.1) is 11.8 Å². The van der Waals surface area contributed by atoms with Crippen molar-refractivity contribution >= 4 is 11.8 Å². The number of piperidine rings is 1. The molecule has 2 nitrogen and oxygen atoms in total. The number of hydrogen-bond acceptors (Lipinski definition) is 3. The van der Waals surface area contributed by atoms with E-state index in [1.165, 1.54) is 29.8 Å². The molecule has 0 aliphatic carbocycles. The molecule has 1 saturated heterocycles. The highest BCUT2D eigenvalue weighted by atomic mass is 32.2. The third-order valence-corrected chi connectivity index (χ3v) is 4.34. The van der Waals surface area contributed by atoms with Crippen molar-refractivity contribution in [3.63, 3.8) is 0 Å². The first-order valence-electron chi connectivity index (χ1n) is 6.37. The van der Waals surface area contributed by atoms with Gasteiger partial charge in [-0.25, -0.2) is 0 Å². The number of thioether (sulfide) groups is 1. The molecule has 2 atom stereocenters. The van der Waals surface area contributed by atoms with E-state index in [-0.39, 0.29) is 0 Å². The van der Waals surface area contributed by atoms with E-state index in [1.54, 1.807) is 11.8 Å². The predicted octanol–water partition coefficient (Wildman–Crippen LogP) is 2.67. The quantitative estimate of drug-likeness (QED) is 0.803. The van der Waals surface area contributed by atoms with E-state index in [0.717, 1.165) is 6.54 Å². The molecule has 2 unspecified atom stereocenters. The van der Waals surface area contributed by atoms with Crippen LogP contribution in [0.4, 0.5) is 0 Å². The molecule has 1 aliphatic rings. The van der Waals surface area contributed by atoms with Crippen LogP contribution < -0.4 is 10.6 Å². The molecular weight excluding hydrogens is 228 g/mol. The normalized spacial score (nSPS) is 22.4. The van der Waals surface area contributed by atoms with Crippen molar-refractivity contribution in [2.75, 3.05) is 26.4 Å². The lowest BCUT2D eigenvalue weighted by atomic mass is 9.87. The first-order valence-corrected chi connectivity index (χ1v) is 7.59. The molecule has 0 bridgehead atoms. The van der Waals surface area contributed by atoms with Gasteiger partial charge in [0.2, 0.25) is 0 Å². The summed E-state index contributed by atoms with van der Waals surface area (Å²) in [7, 11) is 2.07. The fourth-order valence-electron chi connectivity index (χ4n) is 2.65. The first-order chi connectivity index (χ1) is 8.35. The first kappa shape index (κ1) is 12.9. The van der Waals surface area contributed by atoms with Gasteiger partial charge in [0, 0.05) is 10.9 Å². The maximum Gasteiger partial charge on any atom is 0.0358 e. The highest BCUT2D eigenvalue weighted by molar-refractivity contribution is 7.98. The minimum Gasteiger partial charge on any atom is -0.316 e. The molecule has 17 heavy (non-hydrogen) atoms. The van der Waals surface area contributed by atoms with Gasteiger partial charge in [-0.1, -0.05) is 12.1 Å². The number of nitrogens with one attached hydrogen (secondary N) is 2. The molecule has 2 rings (SSSR count). The van der Waals surface area contributed by atoms with E-state index in [9.17, 15) is 0 Å². The standard InChI is InChI=1S/C14H22N2S/c1-15-14(12-4-3-9-16-10-12)11-5-7-13(17-2)8-6-11/h5-8,12,14-16H,3-4,9-10H2,1-2H3. The van der Waals surface area contributed by atoms with E-state index in [1.807, 2.05) is 0 Å². The molecule has 0 amide bonds. The zero-order valence-electron chi connectivity index (χ0n) is 10.7. The largest absolute Gasteiger partial charge is 0.316 e. The highest BCUT2D eigenvalue weighted by Gasteiger charge is 2.23. The predicted molar refractivity (Wildman–Crippen MR) is 75.6 cm³/mol. The van der Waals surface area contributed by atoms with Crippen molar-refractivity contribution in [2.24, 2.45) is 5.92 Å². The maximum atomic E-state index is 3.50. The van der Waals surface area contributed by atoms with Crippen LogP contribution in [0.3, 0.4) is 0 Å². The molecular formula is C14H22N2S. The van der Waals surface area contributed by atoms with E-state index < -0.39 is 0 Å². The molecule has 0 saturated carbocycles.